The number of carbonyl (C=O) groups is 1. The van der Waals surface area contributed by atoms with Gasteiger partial charge in [-0.05, 0) is 24.2 Å². The van der Waals surface area contributed by atoms with Crippen molar-refractivity contribution >= 4 is 5.91 Å². The molecular formula is C16H22N4O2. The van der Waals surface area contributed by atoms with Crippen molar-refractivity contribution in [1.29, 1.82) is 0 Å². The number of amides is 1. The first-order chi connectivity index (χ1) is 10.7. The molecule has 1 heterocycles. The van der Waals surface area contributed by atoms with Gasteiger partial charge >= 0.3 is 0 Å². The maximum atomic E-state index is 11.9. The number of nitrogens with one attached hydrogen (secondary N) is 1. The lowest BCUT2D eigenvalue weighted by Crippen LogP contribution is -2.36. The van der Waals surface area contributed by atoms with Crippen LogP contribution in [0.15, 0.2) is 42.7 Å². The molecule has 2 aromatic rings. The molecule has 6 heteroatoms. The number of nitrogens with zero attached hydrogens (tertiary/aromatic N) is 3. The van der Waals surface area contributed by atoms with E-state index in [1.807, 2.05) is 48.3 Å². The lowest BCUT2D eigenvalue weighted by Gasteiger charge is -2.15. The van der Waals surface area contributed by atoms with Crippen molar-refractivity contribution in [3.63, 3.8) is 0 Å². The zero-order valence-electron chi connectivity index (χ0n) is 12.8. The van der Waals surface area contributed by atoms with Gasteiger partial charge in [0.1, 0.15) is 0 Å². The number of hydrogen-bond donors (Lipinski definition) is 2. The van der Waals surface area contributed by atoms with Crippen molar-refractivity contribution in [2.75, 3.05) is 26.7 Å². The molecule has 0 fully saturated rings. The van der Waals surface area contributed by atoms with Crippen molar-refractivity contribution in [3.8, 4) is 0 Å². The molecule has 0 aliphatic carbocycles. The minimum absolute atomic E-state index is 0.0511. The third-order valence-electron chi connectivity index (χ3n) is 3.38. The molecule has 1 aromatic carbocycles. The lowest BCUT2D eigenvalue weighted by atomic mass is 10.1. The summed E-state index contributed by atoms with van der Waals surface area (Å²) in [6.45, 7) is 1.99. The molecule has 0 atom stereocenters. The number of hydrogen-bond acceptors (Lipinski definition) is 4. The van der Waals surface area contributed by atoms with Crippen molar-refractivity contribution in [3.05, 3.63) is 53.9 Å². The van der Waals surface area contributed by atoms with E-state index in [0.717, 1.165) is 11.1 Å². The van der Waals surface area contributed by atoms with Gasteiger partial charge in [-0.25, -0.2) is 0 Å². The Balaban J connectivity index is 1.91. The van der Waals surface area contributed by atoms with Crippen molar-refractivity contribution in [1.82, 2.24) is 20.0 Å². The molecule has 6 nitrogen and oxygen atoms in total. The number of carbonyl (C=O) groups excluding carboxylic acids is 1. The van der Waals surface area contributed by atoms with Crippen LogP contribution in [0.1, 0.15) is 11.1 Å². The van der Waals surface area contributed by atoms with Gasteiger partial charge in [-0.3, -0.25) is 14.4 Å². The summed E-state index contributed by atoms with van der Waals surface area (Å²) < 4.78 is 1.86. The predicted octanol–water partition coefficient (Wildman–Crippen LogP) is 0.472. The summed E-state index contributed by atoms with van der Waals surface area (Å²) >= 11 is 0. The summed E-state index contributed by atoms with van der Waals surface area (Å²) in [6, 6.07) is 9.89. The highest BCUT2D eigenvalue weighted by molar-refractivity contribution is 5.78. The Kier molecular flexibility index (Phi) is 6.12. The Morgan fingerprint density at radius 3 is 2.77 bits per heavy atom. The molecule has 2 N–H and O–H groups in total. The summed E-state index contributed by atoms with van der Waals surface area (Å²) in [5.74, 6) is -0.0511. The lowest BCUT2D eigenvalue weighted by molar-refractivity contribution is -0.122. The van der Waals surface area contributed by atoms with Crippen LogP contribution in [0.2, 0.25) is 0 Å². The van der Waals surface area contributed by atoms with Crippen molar-refractivity contribution in [2.45, 2.75) is 13.1 Å². The smallest absolute Gasteiger partial charge is 0.234 e. The highest BCUT2D eigenvalue weighted by Gasteiger charge is 2.08. The van der Waals surface area contributed by atoms with Gasteiger partial charge in [0.15, 0.2) is 0 Å². The molecule has 0 bridgehead atoms. The van der Waals surface area contributed by atoms with Crippen LogP contribution < -0.4 is 5.32 Å². The molecule has 2 rings (SSSR count). The summed E-state index contributed by atoms with van der Waals surface area (Å²) in [7, 11) is 1.81. The first kappa shape index (κ1) is 16.2. The Hall–Kier alpha value is -2.18. The van der Waals surface area contributed by atoms with Gasteiger partial charge in [0.2, 0.25) is 5.91 Å². The van der Waals surface area contributed by atoms with E-state index >= 15 is 0 Å². The second-order valence-corrected chi connectivity index (χ2v) is 5.21. The van der Waals surface area contributed by atoms with Crippen LogP contribution in [0.3, 0.4) is 0 Å². The van der Waals surface area contributed by atoms with E-state index in [2.05, 4.69) is 10.4 Å². The van der Waals surface area contributed by atoms with Crippen LogP contribution >= 0.6 is 0 Å². The number of likely N-dealkylation sites (N-methyl/N-ethyl adjacent to an activating group) is 1. The predicted molar refractivity (Wildman–Crippen MR) is 84.2 cm³/mol. The second kappa shape index (κ2) is 8.31. The van der Waals surface area contributed by atoms with Gasteiger partial charge in [-0.15, -0.1) is 0 Å². The average Bonchev–Trinajstić information content (AvgIpc) is 2.99. The summed E-state index contributed by atoms with van der Waals surface area (Å²) in [6.07, 6.45) is 3.67. The van der Waals surface area contributed by atoms with Crippen molar-refractivity contribution in [2.24, 2.45) is 0 Å². The normalized spacial score (nSPS) is 10.9. The molecule has 0 saturated carbocycles. The first-order valence-electron chi connectivity index (χ1n) is 7.29. The Bertz CT molecular complexity index is 584. The SMILES string of the molecule is CN(CCO)CC(=O)NCc1ccccc1Cn1cccn1. The largest absolute Gasteiger partial charge is 0.395 e. The van der Waals surface area contributed by atoms with E-state index in [-0.39, 0.29) is 19.1 Å². The van der Waals surface area contributed by atoms with Crippen molar-refractivity contribution < 1.29 is 9.90 Å². The summed E-state index contributed by atoms with van der Waals surface area (Å²) in [4.78, 5) is 13.7. The standard InChI is InChI=1S/C16H22N4O2/c1-19(9-10-21)13-16(22)17-11-14-5-2-3-6-15(14)12-20-8-4-7-18-20/h2-8,21H,9-13H2,1H3,(H,17,22). The summed E-state index contributed by atoms with van der Waals surface area (Å²) in [5.41, 5.74) is 2.21. The zero-order valence-corrected chi connectivity index (χ0v) is 12.8. The molecule has 1 aromatic heterocycles. The fourth-order valence-electron chi connectivity index (χ4n) is 2.20. The van der Waals surface area contributed by atoms with E-state index in [1.165, 1.54) is 0 Å². The highest BCUT2D eigenvalue weighted by Crippen LogP contribution is 2.10. The third kappa shape index (κ3) is 4.98. The molecule has 0 radical (unpaired) electrons. The molecule has 0 aliphatic heterocycles. The fraction of sp³-hybridized carbons (Fsp3) is 0.375. The van der Waals surface area contributed by atoms with Crippen LogP contribution in [-0.2, 0) is 17.9 Å². The van der Waals surface area contributed by atoms with Gasteiger partial charge in [0.25, 0.3) is 0 Å². The van der Waals surface area contributed by atoms with E-state index in [1.54, 1.807) is 11.1 Å². The maximum absolute atomic E-state index is 11.9. The molecule has 0 aliphatic rings. The number of benzene rings is 1. The monoisotopic (exact) mass is 302 g/mol. The van der Waals surface area contributed by atoms with Gasteiger partial charge in [-0.2, -0.15) is 5.10 Å². The van der Waals surface area contributed by atoms with Crippen LogP contribution in [0.4, 0.5) is 0 Å². The number of aliphatic hydroxyl groups excluding tert-OH is 1. The Morgan fingerprint density at radius 1 is 1.32 bits per heavy atom. The van der Waals surface area contributed by atoms with E-state index in [0.29, 0.717) is 19.6 Å². The minimum atomic E-state index is -0.0511. The third-order valence-corrected chi connectivity index (χ3v) is 3.38. The first-order valence-corrected chi connectivity index (χ1v) is 7.29. The zero-order chi connectivity index (χ0) is 15.8. The number of rotatable bonds is 8. The van der Waals surface area contributed by atoms with Crippen LogP contribution in [0, 0.1) is 0 Å². The molecule has 0 unspecified atom stereocenters. The average molecular weight is 302 g/mol. The summed E-state index contributed by atoms with van der Waals surface area (Å²) in [5, 5.41) is 16.0. The topological polar surface area (TPSA) is 70.4 Å². The fourth-order valence-corrected chi connectivity index (χ4v) is 2.20. The van der Waals surface area contributed by atoms with Crippen LogP contribution in [-0.4, -0.2) is 52.4 Å². The minimum Gasteiger partial charge on any atom is -0.395 e. The van der Waals surface area contributed by atoms with E-state index in [9.17, 15) is 4.79 Å². The number of aliphatic hydroxyl groups is 1. The van der Waals surface area contributed by atoms with Crippen LogP contribution in [0.25, 0.3) is 0 Å². The Morgan fingerprint density at radius 2 is 2.09 bits per heavy atom. The maximum Gasteiger partial charge on any atom is 0.234 e. The number of aromatic nitrogens is 2. The quantitative estimate of drug-likeness (QED) is 0.744. The molecule has 118 valence electrons. The van der Waals surface area contributed by atoms with Gasteiger partial charge in [-0.1, -0.05) is 24.3 Å². The van der Waals surface area contributed by atoms with Gasteiger partial charge in [0, 0.05) is 25.5 Å². The Labute approximate surface area is 130 Å². The van der Waals surface area contributed by atoms with E-state index < -0.39 is 0 Å². The van der Waals surface area contributed by atoms with Gasteiger partial charge in [0.05, 0.1) is 19.7 Å². The van der Waals surface area contributed by atoms with E-state index in [4.69, 9.17) is 5.11 Å². The molecule has 22 heavy (non-hydrogen) atoms. The molecule has 0 saturated heterocycles. The second-order valence-electron chi connectivity index (χ2n) is 5.21. The highest BCUT2D eigenvalue weighted by atomic mass is 16.3. The van der Waals surface area contributed by atoms with Crippen LogP contribution in [0.5, 0.6) is 0 Å². The molecule has 0 spiro atoms. The van der Waals surface area contributed by atoms with Gasteiger partial charge < -0.3 is 10.4 Å². The molecule has 1 amide bonds. The molecular weight excluding hydrogens is 280 g/mol.